The summed E-state index contributed by atoms with van der Waals surface area (Å²) in [6, 6.07) is 18.9. The van der Waals surface area contributed by atoms with E-state index in [4.69, 9.17) is 9.47 Å². The number of carbonyl (C=O) groups excluding carboxylic acids is 2. The van der Waals surface area contributed by atoms with Crippen molar-refractivity contribution in [3.63, 3.8) is 0 Å². The molecule has 1 unspecified atom stereocenters. The highest BCUT2D eigenvalue weighted by molar-refractivity contribution is 7.99. The molecule has 11 heteroatoms. The van der Waals surface area contributed by atoms with Crippen LogP contribution in [-0.2, 0) is 4.79 Å². The molecule has 1 atom stereocenters. The number of ether oxygens (including phenoxy) is 2. The number of thiophene rings is 1. The highest BCUT2D eigenvalue weighted by Gasteiger charge is 2.31. The predicted molar refractivity (Wildman–Crippen MR) is 152 cm³/mol. The van der Waals surface area contributed by atoms with Gasteiger partial charge in [-0.2, -0.15) is 0 Å². The molecule has 4 aromatic rings. The first-order valence-corrected chi connectivity index (χ1v) is 14.3. The van der Waals surface area contributed by atoms with Crippen LogP contribution in [0.1, 0.15) is 16.6 Å². The number of carbonyl (C=O) groups is 2. The van der Waals surface area contributed by atoms with Crippen molar-refractivity contribution in [1.29, 1.82) is 0 Å². The summed E-state index contributed by atoms with van der Waals surface area (Å²) >= 11 is 2.78. The molecule has 0 N–H and O–H groups in total. The molecule has 0 aliphatic carbocycles. The summed E-state index contributed by atoms with van der Waals surface area (Å²) in [5, 5.41) is 11.4. The van der Waals surface area contributed by atoms with Crippen LogP contribution in [0.3, 0.4) is 0 Å². The number of hydrogen-bond acceptors (Lipinski definition) is 8. The lowest BCUT2D eigenvalue weighted by atomic mass is 10.2. The van der Waals surface area contributed by atoms with E-state index >= 15 is 0 Å². The van der Waals surface area contributed by atoms with E-state index < -0.39 is 0 Å². The molecule has 5 rings (SSSR count). The van der Waals surface area contributed by atoms with Crippen molar-refractivity contribution in [2.75, 3.05) is 39.6 Å². The molecular weight excluding hydrogens is 534 g/mol. The van der Waals surface area contributed by atoms with Gasteiger partial charge in [0.2, 0.25) is 5.91 Å². The van der Waals surface area contributed by atoms with Crippen LogP contribution in [0, 0.1) is 0 Å². The molecule has 1 aliphatic heterocycles. The Labute approximate surface area is 235 Å². The van der Waals surface area contributed by atoms with Crippen LogP contribution >= 0.6 is 23.1 Å². The lowest BCUT2D eigenvalue weighted by Crippen LogP contribution is -2.55. The molecule has 1 saturated heterocycles. The van der Waals surface area contributed by atoms with Crippen molar-refractivity contribution < 1.29 is 19.1 Å². The summed E-state index contributed by atoms with van der Waals surface area (Å²) in [6.45, 7) is 3.49. The molecule has 3 heterocycles. The predicted octanol–water partition coefficient (Wildman–Crippen LogP) is 4.48. The minimum atomic E-state index is -0.0649. The van der Waals surface area contributed by atoms with Crippen LogP contribution in [0.15, 0.2) is 71.2 Å². The molecule has 202 valence electrons. The Kier molecular flexibility index (Phi) is 8.18. The van der Waals surface area contributed by atoms with E-state index in [2.05, 4.69) is 10.2 Å². The maximum Gasteiger partial charge on any atom is 0.264 e. The third kappa shape index (κ3) is 5.79. The normalized spacial score (nSPS) is 15.3. The van der Waals surface area contributed by atoms with Gasteiger partial charge in [0.15, 0.2) is 11.0 Å². The lowest BCUT2D eigenvalue weighted by molar-refractivity contribution is -0.130. The molecule has 1 aliphatic rings. The molecule has 2 aromatic carbocycles. The molecule has 1 fully saturated rings. The molecule has 0 spiro atoms. The van der Waals surface area contributed by atoms with Gasteiger partial charge in [-0.3, -0.25) is 14.2 Å². The van der Waals surface area contributed by atoms with Gasteiger partial charge in [-0.05, 0) is 54.8 Å². The second-order valence-electron chi connectivity index (χ2n) is 9.02. The molecule has 0 bridgehead atoms. The first kappa shape index (κ1) is 26.8. The van der Waals surface area contributed by atoms with E-state index in [1.165, 1.54) is 23.1 Å². The largest absolute Gasteiger partial charge is 0.497 e. The minimum Gasteiger partial charge on any atom is -0.497 e. The average Bonchev–Trinajstić information content (AvgIpc) is 3.66. The number of methoxy groups -OCH3 is 2. The molecule has 0 saturated carbocycles. The number of thioether (sulfide) groups is 1. The third-order valence-electron chi connectivity index (χ3n) is 6.59. The second kappa shape index (κ2) is 11.9. The average molecular weight is 564 g/mol. The molecular formula is C28H29N5O4S2. The van der Waals surface area contributed by atoms with Crippen LogP contribution in [0.4, 0.5) is 0 Å². The fourth-order valence-corrected chi connectivity index (χ4v) is 6.06. The van der Waals surface area contributed by atoms with Gasteiger partial charge in [-0.15, -0.1) is 21.5 Å². The van der Waals surface area contributed by atoms with Gasteiger partial charge in [0, 0.05) is 36.9 Å². The summed E-state index contributed by atoms with van der Waals surface area (Å²) < 4.78 is 12.7. The highest BCUT2D eigenvalue weighted by Crippen LogP contribution is 2.31. The maximum atomic E-state index is 13.2. The van der Waals surface area contributed by atoms with Gasteiger partial charge in [0.05, 0.1) is 24.8 Å². The van der Waals surface area contributed by atoms with Crippen LogP contribution < -0.4 is 9.47 Å². The van der Waals surface area contributed by atoms with Gasteiger partial charge in [-0.1, -0.05) is 30.0 Å². The van der Waals surface area contributed by atoms with E-state index in [1.54, 1.807) is 14.2 Å². The summed E-state index contributed by atoms with van der Waals surface area (Å²) in [5.41, 5.74) is 1.69. The first-order valence-electron chi connectivity index (χ1n) is 12.5. The molecule has 39 heavy (non-hydrogen) atoms. The van der Waals surface area contributed by atoms with Gasteiger partial charge >= 0.3 is 0 Å². The van der Waals surface area contributed by atoms with E-state index in [-0.39, 0.29) is 23.6 Å². The van der Waals surface area contributed by atoms with Crippen LogP contribution in [-0.4, -0.2) is 82.0 Å². The van der Waals surface area contributed by atoms with Crippen molar-refractivity contribution in [2.45, 2.75) is 18.1 Å². The van der Waals surface area contributed by atoms with Crippen LogP contribution in [0.25, 0.3) is 17.1 Å². The summed E-state index contributed by atoms with van der Waals surface area (Å²) in [4.78, 5) is 30.5. The zero-order valence-electron chi connectivity index (χ0n) is 21.9. The molecule has 2 amide bonds. The number of piperazine rings is 1. The van der Waals surface area contributed by atoms with Gasteiger partial charge in [0.25, 0.3) is 5.91 Å². The van der Waals surface area contributed by atoms with Gasteiger partial charge in [0.1, 0.15) is 11.5 Å². The Morgan fingerprint density at radius 2 is 1.79 bits per heavy atom. The van der Waals surface area contributed by atoms with Gasteiger partial charge < -0.3 is 19.3 Å². The van der Waals surface area contributed by atoms with Crippen molar-refractivity contribution >= 4 is 34.9 Å². The van der Waals surface area contributed by atoms with Crippen molar-refractivity contribution in [2.24, 2.45) is 0 Å². The number of rotatable bonds is 8. The fourth-order valence-electron chi connectivity index (χ4n) is 4.52. The van der Waals surface area contributed by atoms with Crippen LogP contribution in [0.5, 0.6) is 11.5 Å². The lowest BCUT2D eigenvalue weighted by Gasteiger charge is -2.39. The summed E-state index contributed by atoms with van der Waals surface area (Å²) in [6.07, 6.45) is 0. The Morgan fingerprint density at radius 1 is 1.00 bits per heavy atom. The number of nitrogens with zero attached hydrogens (tertiary/aromatic N) is 5. The Balaban J connectivity index is 1.32. The number of amides is 2. The second-order valence-corrected chi connectivity index (χ2v) is 10.9. The molecule has 9 nitrogen and oxygen atoms in total. The zero-order chi connectivity index (χ0) is 27.4. The first-order chi connectivity index (χ1) is 19.0. The quantitative estimate of drug-likeness (QED) is 0.292. The molecule has 0 radical (unpaired) electrons. The topological polar surface area (TPSA) is 89.8 Å². The van der Waals surface area contributed by atoms with Crippen molar-refractivity contribution in [3.8, 4) is 28.6 Å². The maximum absolute atomic E-state index is 13.2. The Hall–Kier alpha value is -3.83. The van der Waals surface area contributed by atoms with E-state index in [0.29, 0.717) is 36.4 Å². The third-order valence-corrected chi connectivity index (χ3v) is 8.36. The Bertz CT molecular complexity index is 1440. The summed E-state index contributed by atoms with van der Waals surface area (Å²) in [7, 11) is 3.25. The van der Waals surface area contributed by atoms with E-state index in [0.717, 1.165) is 21.9 Å². The number of aromatic nitrogens is 3. The molecule has 2 aromatic heterocycles. The highest BCUT2D eigenvalue weighted by atomic mass is 32.2. The summed E-state index contributed by atoms with van der Waals surface area (Å²) in [5.74, 6) is 2.33. The van der Waals surface area contributed by atoms with Gasteiger partial charge in [-0.25, -0.2) is 0 Å². The fraction of sp³-hybridized carbons (Fsp3) is 0.286. The number of hydrogen-bond donors (Lipinski definition) is 0. The zero-order valence-corrected chi connectivity index (χ0v) is 23.6. The van der Waals surface area contributed by atoms with E-state index in [9.17, 15) is 9.59 Å². The van der Waals surface area contributed by atoms with E-state index in [1.807, 2.05) is 87.3 Å². The SMILES string of the molecule is COc1ccc(-n2c(SCC(=O)N3CCN(C(=O)c4cccs4)C(C)C3)nnc2-c2cccc(OC)c2)cc1. The number of benzene rings is 2. The van der Waals surface area contributed by atoms with Crippen LogP contribution in [0.2, 0.25) is 0 Å². The Morgan fingerprint density at radius 3 is 2.49 bits per heavy atom. The van der Waals surface area contributed by atoms with Crippen molar-refractivity contribution in [3.05, 3.63) is 70.9 Å². The minimum absolute atomic E-state index is 0.00211. The standard InChI is InChI=1S/C28H29N5O4S2/c1-19-17-31(13-14-32(19)27(35)24-8-5-15-38-24)25(34)18-39-28-30-29-26(20-6-4-7-23(16-20)37-3)33(28)21-9-11-22(36-2)12-10-21/h4-12,15-16,19H,13-14,17-18H2,1-3H3. The van der Waals surface area contributed by atoms with Crippen molar-refractivity contribution in [1.82, 2.24) is 24.6 Å². The smallest absolute Gasteiger partial charge is 0.264 e. The monoisotopic (exact) mass is 563 g/mol.